The van der Waals surface area contributed by atoms with E-state index in [2.05, 4.69) is 0 Å². The van der Waals surface area contributed by atoms with Crippen molar-refractivity contribution in [2.45, 2.75) is 69.5 Å². The van der Waals surface area contributed by atoms with Crippen molar-refractivity contribution < 1.29 is 19.1 Å². The summed E-state index contributed by atoms with van der Waals surface area (Å²) in [6, 6.07) is 0. The number of hydrogen-bond acceptors (Lipinski definition) is 4. The summed E-state index contributed by atoms with van der Waals surface area (Å²) in [5.74, 6) is 0.412. The average Bonchev–Trinajstić information content (AvgIpc) is 2.73. The maximum atomic E-state index is 12.7. The van der Waals surface area contributed by atoms with Crippen LogP contribution in [-0.4, -0.2) is 23.6 Å². The van der Waals surface area contributed by atoms with Gasteiger partial charge in [0.1, 0.15) is 11.7 Å². The Bertz CT molecular complexity index is 529. The van der Waals surface area contributed by atoms with E-state index in [9.17, 15) is 9.59 Å². The van der Waals surface area contributed by atoms with Crippen LogP contribution in [0.3, 0.4) is 0 Å². The van der Waals surface area contributed by atoms with Crippen molar-refractivity contribution in [2.24, 2.45) is 29.6 Å². The van der Waals surface area contributed by atoms with Crippen LogP contribution in [0.5, 0.6) is 0 Å². The summed E-state index contributed by atoms with van der Waals surface area (Å²) >= 11 is 0. The molecular formula is C18H24O4. The van der Waals surface area contributed by atoms with Crippen LogP contribution in [0.1, 0.15) is 57.8 Å². The lowest BCUT2D eigenvalue weighted by Crippen LogP contribution is -2.57. The predicted octanol–water partition coefficient (Wildman–Crippen LogP) is 2.84. The molecule has 0 aromatic carbocycles. The fraction of sp³-hybridized carbons (Fsp3) is 0.889. The highest BCUT2D eigenvalue weighted by Gasteiger charge is 2.68. The molecule has 5 rings (SSSR count). The van der Waals surface area contributed by atoms with Crippen molar-refractivity contribution in [2.75, 3.05) is 0 Å². The zero-order valence-electron chi connectivity index (χ0n) is 13.0. The topological polar surface area (TPSA) is 52.6 Å². The molecule has 22 heavy (non-hydrogen) atoms. The first-order valence-corrected chi connectivity index (χ1v) is 9.13. The molecule has 2 bridgehead atoms. The summed E-state index contributed by atoms with van der Waals surface area (Å²) in [7, 11) is 0. The van der Waals surface area contributed by atoms with E-state index in [4.69, 9.17) is 9.47 Å². The van der Waals surface area contributed by atoms with Gasteiger partial charge in [0, 0.05) is 5.92 Å². The van der Waals surface area contributed by atoms with Gasteiger partial charge in [0.25, 0.3) is 0 Å². The molecule has 0 amide bonds. The summed E-state index contributed by atoms with van der Waals surface area (Å²) in [6.45, 7) is 0. The third-order valence-electron chi connectivity index (χ3n) is 7.32. The van der Waals surface area contributed by atoms with Gasteiger partial charge in [-0.3, -0.25) is 9.59 Å². The van der Waals surface area contributed by atoms with E-state index in [1.54, 1.807) is 0 Å². The summed E-state index contributed by atoms with van der Waals surface area (Å²) in [5.41, 5.74) is -0.235. The molecule has 120 valence electrons. The Balaban J connectivity index is 1.56. The van der Waals surface area contributed by atoms with E-state index in [-0.39, 0.29) is 41.4 Å². The first-order valence-electron chi connectivity index (χ1n) is 9.13. The molecule has 4 nitrogen and oxygen atoms in total. The minimum atomic E-state index is -0.235. The third kappa shape index (κ3) is 1.59. The third-order valence-corrected chi connectivity index (χ3v) is 7.32. The van der Waals surface area contributed by atoms with E-state index >= 15 is 0 Å². The van der Waals surface area contributed by atoms with Crippen LogP contribution in [0.15, 0.2) is 0 Å². The van der Waals surface area contributed by atoms with Crippen LogP contribution in [0.4, 0.5) is 0 Å². The second kappa shape index (κ2) is 4.48. The minimum Gasteiger partial charge on any atom is -0.462 e. The lowest BCUT2D eigenvalue weighted by atomic mass is 9.53. The number of ether oxygens (including phenoxy) is 2. The van der Waals surface area contributed by atoms with Crippen LogP contribution >= 0.6 is 0 Å². The molecule has 3 aliphatic carbocycles. The number of esters is 2. The number of hydrogen-bond donors (Lipinski definition) is 0. The van der Waals surface area contributed by atoms with Crippen LogP contribution in [-0.2, 0) is 19.1 Å². The van der Waals surface area contributed by atoms with Crippen molar-refractivity contribution in [3.8, 4) is 0 Å². The largest absolute Gasteiger partial charge is 0.462 e. The Morgan fingerprint density at radius 2 is 1.68 bits per heavy atom. The Kier molecular flexibility index (Phi) is 2.73. The quantitative estimate of drug-likeness (QED) is 0.646. The normalized spacial score (nSPS) is 52.9. The molecule has 0 spiro atoms. The monoisotopic (exact) mass is 304 g/mol. The van der Waals surface area contributed by atoms with Gasteiger partial charge in [-0.25, -0.2) is 0 Å². The second-order valence-electron chi connectivity index (χ2n) is 8.18. The fourth-order valence-corrected chi connectivity index (χ4v) is 6.52. The maximum absolute atomic E-state index is 12.7. The van der Waals surface area contributed by atoms with Crippen molar-refractivity contribution in [1.82, 2.24) is 0 Å². The molecule has 7 unspecified atom stereocenters. The van der Waals surface area contributed by atoms with Crippen molar-refractivity contribution in [3.63, 3.8) is 0 Å². The van der Waals surface area contributed by atoms with E-state index < -0.39 is 0 Å². The maximum Gasteiger partial charge on any atom is 0.310 e. The van der Waals surface area contributed by atoms with Crippen LogP contribution < -0.4 is 0 Å². The molecule has 5 fully saturated rings. The van der Waals surface area contributed by atoms with Crippen LogP contribution in [0.25, 0.3) is 0 Å². The molecule has 4 heteroatoms. The molecule has 0 radical (unpaired) electrons. The molecule has 2 aliphatic heterocycles. The molecule has 3 saturated carbocycles. The van der Waals surface area contributed by atoms with Crippen molar-refractivity contribution in [1.29, 1.82) is 0 Å². The molecule has 2 saturated heterocycles. The molecule has 0 N–H and O–H groups in total. The lowest BCUT2D eigenvalue weighted by Gasteiger charge is -2.53. The first kappa shape index (κ1) is 13.4. The molecule has 7 atom stereocenters. The van der Waals surface area contributed by atoms with E-state index in [0.29, 0.717) is 11.8 Å². The van der Waals surface area contributed by atoms with Gasteiger partial charge in [0.15, 0.2) is 0 Å². The summed E-state index contributed by atoms with van der Waals surface area (Å²) in [4.78, 5) is 25.2. The second-order valence-corrected chi connectivity index (χ2v) is 8.18. The zero-order valence-corrected chi connectivity index (χ0v) is 13.0. The Morgan fingerprint density at radius 3 is 2.59 bits per heavy atom. The van der Waals surface area contributed by atoms with Crippen LogP contribution in [0.2, 0.25) is 0 Å². The zero-order chi connectivity index (χ0) is 14.9. The number of carbonyl (C=O) groups excluding carboxylic acids is 2. The van der Waals surface area contributed by atoms with Gasteiger partial charge in [-0.05, 0) is 56.8 Å². The standard InChI is InChI=1S/C18H24O4/c19-16-14-11(10-5-1-2-7-13(10)21-16)9-18-8-4-3-6-12(18)15(14)17(20)22-18/h10-15H,1-9H2. The highest BCUT2D eigenvalue weighted by molar-refractivity contribution is 5.86. The van der Waals surface area contributed by atoms with Gasteiger partial charge >= 0.3 is 11.9 Å². The van der Waals surface area contributed by atoms with Gasteiger partial charge in [0.05, 0.1) is 11.8 Å². The van der Waals surface area contributed by atoms with Gasteiger partial charge < -0.3 is 9.47 Å². The smallest absolute Gasteiger partial charge is 0.310 e. The molecule has 2 heterocycles. The minimum absolute atomic E-state index is 0.101. The number of carbonyl (C=O) groups is 2. The Hall–Kier alpha value is -1.06. The fourth-order valence-electron chi connectivity index (χ4n) is 6.52. The van der Waals surface area contributed by atoms with E-state index in [1.165, 1.54) is 12.8 Å². The predicted molar refractivity (Wildman–Crippen MR) is 77.7 cm³/mol. The Morgan fingerprint density at radius 1 is 0.864 bits per heavy atom. The average molecular weight is 304 g/mol. The van der Waals surface area contributed by atoms with E-state index in [1.807, 2.05) is 0 Å². The molecule has 5 aliphatic rings. The molecular weight excluding hydrogens is 280 g/mol. The highest BCUT2D eigenvalue weighted by Crippen LogP contribution is 2.62. The van der Waals surface area contributed by atoms with Gasteiger partial charge in [-0.15, -0.1) is 0 Å². The highest BCUT2D eigenvalue weighted by atomic mass is 16.6. The summed E-state index contributed by atoms with van der Waals surface area (Å²) < 4.78 is 11.7. The van der Waals surface area contributed by atoms with Gasteiger partial charge in [-0.2, -0.15) is 0 Å². The number of rotatable bonds is 0. The van der Waals surface area contributed by atoms with E-state index in [0.717, 1.165) is 44.9 Å². The molecule has 0 aromatic rings. The SMILES string of the molecule is O=C1OC2CCCCC2C2CC34CCCCC3C(C(=O)O4)C12. The van der Waals surface area contributed by atoms with Gasteiger partial charge in [0.2, 0.25) is 0 Å². The number of fused-ring (bicyclic) bond motifs is 4. The molecule has 0 aromatic heterocycles. The Labute approximate surface area is 130 Å². The van der Waals surface area contributed by atoms with Gasteiger partial charge in [-0.1, -0.05) is 12.8 Å². The summed E-state index contributed by atoms with van der Waals surface area (Å²) in [5, 5.41) is 0. The first-order chi connectivity index (χ1) is 10.7. The lowest BCUT2D eigenvalue weighted by molar-refractivity contribution is -0.191. The van der Waals surface area contributed by atoms with Crippen LogP contribution in [0, 0.1) is 29.6 Å². The van der Waals surface area contributed by atoms with Crippen molar-refractivity contribution in [3.05, 3.63) is 0 Å². The summed E-state index contributed by atoms with van der Waals surface area (Å²) in [6.07, 6.45) is 9.96. The van der Waals surface area contributed by atoms with Crippen molar-refractivity contribution >= 4 is 11.9 Å².